The van der Waals surface area contributed by atoms with E-state index in [9.17, 15) is 0 Å². The Hall–Kier alpha value is -1.02. The molecule has 154 valence electrons. The number of hydrogen-bond donors (Lipinski definition) is 2. The van der Waals surface area contributed by atoms with E-state index >= 15 is 0 Å². The van der Waals surface area contributed by atoms with Crippen LogP contribution in [0, 0.1) is 5.92 Å². The van der Waals surface area contributed by atoms with Crippen molar-refractivity contribution in [2.24, 2.45) is 10.9 Å². The first-order chi connectivity index (χ1) is 12.6. The Kier molecular flexibility index (Phi) is 11.1. The smallest absolute Gasteiger partial charge is 0.191 e. The van der Waals surface area contributed by atoms with Crippen LogP contribution in [0.4, 0.5) is 0 Å². The van der Waals surface area contributed by atoms with Gasteiger partial charge in [-0.05, 0) is 49.3 Å². The molecule has 0 saturated carbocycles. The summed E-state index contributed by atoms with van der Waals surface area (Å²) in [5.74, 6) is 2.52. The zero-order valence-corrected chi connectivity index (χ0v) is 19.5. The van der Waals surface area contributed by atoms with Crippen molar-refractivity contribution in [1.29, 1.82) is 0 Å². The Morgan fingerprint density at radius 2 is 1.85 bits per heavy atom. The van der Waals surface area contributed by atoms with Crippen molar-refractivity contribution >= 4 is 29.9 Å². The van der Waals surface area contributed by atoms with E-state index in [4.69, 9.17) is 9.47 Å². The average molecular weight is 489 g/mol. The van der Waals surface area contributed by atoms with Crippen molar-refractivity contribution < 1.29 is 9.47 Å². The molecule has 1 fully saturated rings. The monoisotopic (exact) mass is 489 g/mol. The minimum absolute atomic E-state index is 0. The van der Waals surface area contributed by atoms with Gasteiger partial charge in [-0.2, -0.15) is 0 Å². The maximum atomic E-state index is 5.63. The Balaban J connectivity index is 0.00000364. The van der Waals surface area contributed by atoms with Crippen molar-refractivity contribution in [2.75, 3.05) is 40.5 Å². The van der Waals surface area contributed by atoms with E-state index in [0.717, 1.165) is 63.2 Å². The topological polar surface area (TPSA) is 54.9 Å². The lowest BCUT2D eigenvalue weighted by Gasteiger charge is -2.38. The maximum Gasteiger partial charge on any atom is 0.191 e. The van der Waals surface area contributed by atoms with Gasteiger partial charge in [0.25, 0.3) is 0 Å². The zero-order valence-electron chi connectivity index (χ0n) is 17.2. The molecule has 2 N–H and O–H groups in total. The summed E-state index contributed by atoms with van der Waals surface area (Å²) in [6.45, 7) is 7.93. The van der Waals surface area contributed by atoms with Gasteiger partial charge in [0.15, 0.2) is 5.96 Å². The summed E-state index contributed by atoms with van der Waals surface area (Å²) >= 11 is 0. The molecule has 1 heterocycles. The minimum atomic E-state index is 0. The van der Waals surface area contributed by atoms with Gasteiger partial charge in [0, 0.05) is 38.8 Å². The molecular weight excluding hydrogens is 453 g/mol. The van der Waals surface area contributed by atoms with Crippen LogP contribution in [0.25, 0.3) is 0 Å². The molecule has 27 heavy (non-hydrogen) atoms. The second-order valence-electron chi connectivity index (χ2n) is 7.51. The summed E-state index contributed by atoms with van der Waals surface area (Å²) in [5, 5.41) is 6.99. The highest BCUT2D eigenvalue weighted by Crippen LogP contribution is 2.35. The van der Waals surface area contributed by atoms with Gasteiger partial charge in [-0.25, -0.2) is 0 Å². The van der Waals surface area contributed by atoms with E-state index in [0.29, 0.717) is 0 Å². The van der Waals surface area contributed by atoms with E-state index in [2.05, 4.69) is 41.6 Å². The number of aliphatic imine (C=N–C) groups is 1. The van der Waals surface area contributed by atoms with E-state index in [1.54, 1.807) is 7.11 Å². The summed E-state index contributed by atoms with van der Waals surface area (Å²) in [4.78, 5) is 4.38. The predicted molar refractivity (Wildman–Crippen MR) is 124 cm³/mol. The third kappa shape index (κ3) is 7.49. The summed E-state index contributed by atoms with van der Waals surface area (Å²) in [5.41, 5.74) is 1.41. The third-order valence-electron chi connectivity index (χ3n) is 5.22. The van der Waals surface area contributed by atoms with E-state index in [-0.39, 0.29) is 29.4 Å². The zero-order chi connectivity index (χ0) is 18.8. The number of methoxy groups -OCH3 is 1. The summed E-state index contributed by atoms with van der Waals surface area (Å²) < 4.78 is 10.9. The van der Waals surface area contributed by atoms with Crippen LogP contribution in [-0.2, 0) is 10.2 Å². The second kappa shape index (κ2) is 12.4. The SMILES string of the molecule is CN=C(NCCCC(C)C)NCC1(c2ccc(OC)cc2)CCOCC1.I. The number of rotatable bonds is 8. The summed E-state index contributed by atoms with van der Waals surface area (Å²) in [6.07, 6.45) is 4.42. The van der Waals surface area contributed by atoms with E-state index in [1.807, 2.05) is 19.2 Å². The highest BCUT2D eigenvalue weighted by Gasteiger charge is 2.34. The van der Waals surface area contributed by atoms with Crippen LogP contribution < -0.4 is 15.4 Å². The molecule has 5 nitrogen and oxygen atoms in total. The van der Waals surface area contributed by atoms with Gasteiger partial charge in [-0.3, -0.25) is 4.99 Å². The highest BCUT2D eigenvalue weighted by molar-refractivity contribution is 14.0. The number of nitrogens with one attached hydrogen (secondary N) is 2. The van der Waals surface area contributed by atoms with Gasteiger partial charge in [-0.15, -0.1) is 24.0 Å². The molecule has 0 unspecified atom stereocenters. The molecule has 1 aliphatic rings. The van der Waals surface area contributed by atoms with Crippen molar-refractivity contribution in [3.8, 4) is 5.75 Å². The fourth-order valence-electron chi connectivity index (χ4n) is 3.46. The Bertz CT molecular complexity index is 555. The average Bonchev–Trinajstić information content (AvgIpc) is 2.68. The Labute approximate surface area is 181 Å². The fourth-order valence-corrected chi connectivity index (χ4v) is 3.46. The number of ether oxygens (including phenoxy) is 2. The van der Waals surface area contributed by atoms with Gasteiger partial charge in [0.05, 0.1) is 7.11 Å². The minimum Gasteiger partial charge on any atom is -0.497 e. The van der Waals surface area contributed by atoms with Crippen LogP contribution >= 0.6 is 24.0 Å². The lowest BCUT2D eigenvalue weighted by atomic mass is 9.74. The molecule has 6 heteroatoms. The number of nitrogens with zero attached hydrogens (tertiary/aromatic N) is 1. The number of guanidine groups is 1. The molecule has 1 aliphatic heterocycles. The van der Waals surface area contributed by atoms with Crippen molar-refractivity contribution in [3.63, 3.8) is 0 Å². The summed E-state index contributed by atoms with van der Waals surface area (Å²) in [7, 11) is 3.54. The fraction of sp³-hybridized carbons (Fsp3) is 0.667. The molecule has 0 bridgehead atoms. The van der Waals surface area contributed by atoms with E-state index < -0.39 is 0 Å². The molecular formula is C21H36IN3O2. The van der Waals surface area contributed by atoms with Crippen LogP contribution in [-0.4, -0.2) is 46.4 Å². The molecule has 0 spiro atoms. The number of halogens is 1. The predicted octanol–water partition coefficient (Wildman–Crippen LogP) is 3.96. The molecule has 0 atom stereocenters. The lowest BCUT2D eigenvalue weighted by molar-refractivity contribution is 0.0513. The molecule has 1 aromatic rings. The first kappa shape index (κ1) is 24.0. The third-order valence-corrected chi connectivity index (χ3v) is 5.22. The molecule has 1 aromatic carbocycles. The maximum absolute atomic E-state index is 5.63. The second-order valence-corrected chi connectivity index (χ2v) is 7.51. The van der Waals surface area contributed by atoms with Gasteiger partial charge in [0.1, 0.15) is 5.75 Å². The normalized spacial score (nSPS) is 16.6. The molecule has 0 aliphatic carbocycles. The van der Waals surface area contributed by atoms with Gasteiger partial charge in [0.2, 0.25) is 0 Å². The molecule has 0 radical (unpaired) electrons. The molecule has 0 aromatic heterocycles. The Morgan fingerprint density at radius 1 is 1.19 bits per heavy atom. The van der Waals surface area contributed by atoms with Gasteiger partial charge in [-0.1, -0.05) is 26.0 Å². The first-order valence-corrected chi connectivity index (χ1v) is 9.76. The van der Waals surface area contributed by atoms with Crippen LogP contribution in [0.15, 0.2) is 29.3 Å². The number of benzene rings is 1. The summed E-state index contributed by atoms with van der Waals surface area (Å²) in [6, 6.07) is 8.46. The van der Waals surface area contributed by atoms with Crippen LogP contribution in [0.2, 0.25) is 0 Å². The van der Waals surface area contributed by atoms with Gasteiger partial charge < -0.3 is 20.1 Å². The lowest BCUT2D eigenvalue weighted by Crippen LogP contribution is -2.48. The van der Waals surface area contributed by atoms with Crippen molar-refractivity contribution in [3.05, 3.63) is 29.8 Å². The Morgan fingerprint density at radius 3 is 2.41 bits per heavy atom. The van der Waals surface area contributed by atoms with Gasteiger partial charge >= 0.3 is 0 Å². The highest BCUT2D eigenvalue weighted by atomic mass is 127. The van der Waals surface area contributed by atoms with E-state index in [1.165, 1.54) is 12.0 Å². The number of hydrogen-bond acceptors (Lipinski definition) is 3. The standard InChI is InChI=1S/C21H35N3O2.HI/c1-17(2)6-5-13-23-20(22-3)24-16-21(11-14-26-15-12-21)18-7-9-19(25-4)10-8-18;/h7-10,17H,5-6,11-16H2,1-4H3,(H2,22,23,24);1H. The molecule has 1 saturated heterocycles. The quantitative estimate of drug-likeness (QED) is 0.251. The van der Waals surface area contributed by atoms with Crippen molar-refractivity contribution in [1.82, 2.24) is 10.6 Å². The molecule has 0 amide bonds. The first-order valence-electron chi connectivity index (χ1n) is 9.76. The largest absolute Gasteiger partial charge is 0.497 e. The van der Waals surface area contributed by atoms with Crippen LogP contribution in [0.5, 0.6) is 5.75 Å². The van der Waals surface area contributed by atoms with Crippen molar-refractivity contribution in [2.45, 2.75) is 44.9 Å². The molecule has 2 rings (SSSR count). The van der Waals surface area contributed by atoms with Crippen LogP contribution in [0.3, 0.4) is 0 Å². The van der Waals surface area contributed by atoms with Crippen LogP contribution in [0.1, 0.15) is 45.1 Å².